The summed E-state index contributed by atoms with van der Waals surface area (Å²) in [4.78, 5) is 2.38. The molecule has 1 aliphatic rings. The molecule has 0 saturated carbocycles. The molecule has 0 aliphatic heterocycles. The Morgan fingerprint density at radius 1 is 0.396 bits per heavy atom. The average Bonchev–Trinajstić information content (AvgIpc) is 3.67. The van der Waals surface area contributed by atoms with E-state index >= 15 is 0 Å². The number of hydrogen-bond acceptors (Lipinski definition) is 1. The van der Waals surface area contributed by atoms with E-state index in [0.717, 1.165) is 17.1 Å². The fraction of sp³-hybridized carbons (Fsp3) is 0.0588. The van der Waals surface area contributed by atoms with Gasteiger partial charge in [0, 0.05) is 38.9 Å². The summed E-state index contributed by atoms with van der Waals surface area (Å²) in [5.41, 5.74) is 17.1. The van der Waals surface area contributed by atoms with Crippen LogP contribution >= 0.6 is 0 Å². The molecule has 0 saturated heterocycles. The molecule has 0 N–H and O–H groups in total. The van der Waals surface area contributed by atoms with E-state index in [1.807, 2.05) is 0 Å². The molecule has 0 bridgehead atoms. The summed E-state index contributed by atoms with van der Waals surface area (Å²) in [7, 11) is 0. The Hall–Kier alpha value is -6.64. The molecule has 1 heterocycles. The molecule has 0 fully saturated rings. The van der Waals surface area contributed by atoms with Crippen molar-refractivity contribution in [2.75, 3.05) is 4.90 Å². The number of anilines is 3. The maximum atomic E-state index is 2.46. The summed E-state index contributed by atoms with van der Waals surface area (Å²) < 4.78 is 2.46. The highest BCUT2D eigenvalue weighted by Crippen LogP contribution is 2.52. The fourth-order valence-corrected chi connectivity index (χ4v) is 8.61. The maximum Gasteiger partial charge on any atom is 0.0547 e. The van der Waals surface area contributed by atoms with Gasteiger partial charge in [0.15, 0.2) is 0 Å². The number of fused-ring (bicyclic) bond motifs is 6. The predicted molar refractivity (Wildman–Crippen MR) is 224 cm³/mol. The number of para-hydroxylation sites is 2. The van der Waals surface area contributed by atoms with Crippen LogP contribution in [0.4, 0.5) is 17.1 Å². The fourth-order valence-electron chi connectivity index (χ4n) is 8.61. The Balaban J connectivity index is 1.08. The summed E-state index contributed by atoms with van der Waals surface area (Å²) in [5, 5.41) is 2.56. The van der Waals surface area contributed by atoms with Gasteiger partial charge >= 0.3 is 0 Å². The van der Waals surface area contributed by atoms with Crippen molar-refractivity contribution in [3.05, 3.63) is 205 Å². The SMILES string of the molecule is CC1(C)c2cc(N(c3ccccc3)c3ccc(-c4ccccc4)cc3)ccc2-c2ccc(-n3c4ccccc4c4c(-c5ccccc5)cccc43)cc21. The first kappa shape index (κ1) is 31.1. The summed E-state index contributed by atoms with van der Waals surface area (Å²) in [6.07, 6.45) is 0. The van der Waals surface area contributed by atoms with Gasteiger partial charge in [0.05, 0.1) is 11.0 Å². The van der Waals surface area contributed by atoms with Crippen molar-refractivity contribution in [2.24, 2.45) is 0 Å². The third kappa shape index (κ3) is 5.02. The number of nitrogens with zero attached hydrogens (tertiary/aromatic N) is 2. The molecule has 1 aliphatic carbocycles. The van der Waals surface area contributed by atoms with Crippen LogP contribution in [-0.2, 0) is 5.41 Å². The second kappa shape index (κ2) is 12.3. The van der Waals surface area contributed by atoms with E-state index < -0.39 is 0 Å². The minimum Gasteiger partial charge on any atom is -0.310 e. The van der Waals surface area contributed by atoms with Crippen molar-refractivity contribution in [2.45, 2.75) is 19.3 Å². The minimum atomic E-state index is -0.204. The van der Waals surface area contributed by atoms with Gasteiger partial charge in [-0.3, -0.25) is 0 Å². The van der Waals surface area contributed by atoms with Crippen molar-refractivity contribution in [1.29, 1.82) is 0 Å². The average molecular weight is 679 g/mol. The van der Waals surface area contributed by atoms with Gasteiger partial charge in [-0.05, 0) is 105 Å². The van der Waals surface area contributed by atoms with E-state index in [1.54, 1.807) is 0 Å². The number of hydrogen-bond donors (Lipinski definition) is 0. The molecule has 1 aromatic heterocycles. The van der Waals surface area contributed by atoms with Gasteiger partial charge in [0.1, 0.15) is 0 Å². The Bertz CT molecular complexity index is 2780. The van der Waals surface area contributed by atoms with Crippen molar-refractivity contribution in [3.63, 3.8) is 0 Å². The lowest BCUT2D eigenvalue weighted by Crippen LogP contribution is -2.17. The zero-order valence-electron chi connectivity index (χ0n) is 29.9. The topological polar surface area (TPSA) is 8.17 Å². The zero-order chi connectivity index (χ0) is 35.5. The Morgan fingerprint density at radius 2 is 0.943 bits per heavy atom. The van der Waals surface area contributed by atoms with Crippen LogP contribution in [0.3, 0.4) is 0 Å². The first-order valence-corrected chi connectivity index (χ1v) is 18.4. The standard InChI is InChI=1S/C51H38N2/c1-51(2)46-33-40(52(38-19-10-5-11-20-38)39-27-25-36(26-28-39)35-15-6-3-7-16-35)29-31-43(46)44-32-30-41(34-47(44)51)53-48-23-13-12-21-45(48)50-42(22-14-24-49(50)53)37-17-8-4-9-18-37/h3-34H,1-2H3. The van der Waals surface area contributed by atoms with Crippen LogP contribution in [0.1, 0.15) is 25.0 Å². The quantitative estimate of drug-likeness (QED) is 0.170. The molecule has 0 atom stereocenters. The third-order valence-corrected chi connectivity index (χ3v) is 11.2. The second-order valence-corrected chi connectivity index (χ2v) is 14.6. The van der Waals surface area contributed by atoms with E-state index in [9.17, 15) is 0 Å². The maximum absolute atomic E-state index is 2.46. The molecular formula is C51H38N2. The van der Waals surface area contributed by atoms with Crippen LogP contribution in [0.25, 0.3) is 60.9 Å². The number of aromatic nitrogens is 1. The summed E-state index contributed by atoms with van der Waals surface area (Å²) in [5.74, 6) is 0. The normalized spacial score (nSPS) is 12.9. The Morgan fingerprint density at radius 3 is 1.68 bits per heavy atom. The van der Waals surface area contributed by atoms with Gasteiger partial charge in [-0.2, -0.15) is 0 Å². The van der Waals surface area contributed by atoms with Gasteiger partial charge in [-0.15, -0.1) is 0 Å². The molecular weight excluding hydrogens is 641 g/mol. The lowest BCUT2D eigenvalue weighted by atomic mass is 9.82. The Kier molecular flexibility index (Phi) is 7.19. The molecule has 0 radical (unpaired) electrons. The third-order valence-electron chi connectivity index (χ3n) is 11.2. The second-order valence-electron chi connectivity index (χ2n) is 14.6. The molecule has 2 nitrogen and oxygen atoms in total. The van der Waals surface area contributed by atoms with E-state index in [0.29, 0.717) is 0 Å². The van der Waals surface area contributed by atoms with Crippen LogP contribution in [-0.4, -0.2) is 4.57 Å². The monoisotopic (exact) mass is 678 g/mol. The lowest BCUT2D eigenvalue weighted by Gasteiger charge is -2.28. The van der Waals surface area contributed by atoms with Crippen molar-refractivity contribution < 1.29 is 0 Å². The summed E-state index contributed by atoms with van der Waals surface area (Å²) in [6, 6.07) is 70.7. The Labute approximate surface area is 310 Å². The van der Waals surface area contributed by atoms with Crippen LogP contribution < -0.4 is 4.90 Å². The molecule has 10 rings (SSSR count). The molecule has 9 aromatic rings. The van der Waals surface area contributed by atoms with Gasteiger partial charge in [0.2, 0.25) is 0 Å². The van der Waals surface area contributed by atoms with Gasteiger partial charge in [-0.1, -0.05) is 147 Å². The molecule has 252 valence electrons. The zero-order valence-corrected chi connectivity index (χ0v) is 29.9. The van der Waals surface area contributed by atoms with Crippen LogP contribution in [0.5, 0.6) is 0 Å². The van der Waals surface area contributed by atoms with Gasteiger partial charge in [0.25, 0.3) is 0 Å². The highest BCUT2D eigenvalue weighted by Gasteiger charge is 2.36. The highest BCUT2D eigenvalue weighted by molar-refractivity contribution is 6.15. The number of rotatable bonds is 6. The van der Waals surface area contributed by atoms with E-state index in [4.69, 9.17) is 0 Å². The van der Waals surface area contributed by atoms with Crippen LogP contribution in [0, 0.1) is 0 Å². The molecule has 0 unspecified atom stereocenters. The first-order valence-electron chi connectivity index (χ1n) is 18.4. The van der Waals surface area contributed by atoms with Crippen molar-refractivity contribution in [1.82, 2.24) is 4.57 Å². The van der Waals surface area contributed by atoms with Crippen LogP contribution in [0.15, 0.2) is 194 Å². The van der Waals surface area contributed by atoms with Gasteiger partial charge < -0.3 is 9.47 Å². The molecule has 0 amide bonds. The summed E-state index contributed by atoms with van der Waals surface area (Å²) >= 11 is 0. The van der Waals surface area contributed by atoms with Gasteiger partial charge in [-0.25, -0.2) is 0 Å². The van der Waals surface area contributed by atoms with Crippen LogP contribution in [0.2, 0.25) is 0 Å². The minimum absolute atomic E-state index is 0.204. The van der Waals surface area contributed by atoms with Crippen molar-refractivity contribution in [3.8, 4) is 39.1 Å². The molecule has 0 spiro atoms. The largest absolute Gasteiger partial charge is 0.310 e. The summed E-state index contributed by atoms with van der Waals surface area (Å²) in [6.45, 7) is 4.76. The molecule has 8 aromatic carbocycles. The number of benzene rings is 8. The van der Waals surface area contributed by atoms with E-state index in [1.165, 1.54) is 72.0 Å². The van der Waals surface area contributed by atoms with E-state index in [-0.39, 0.29) is 5.41 Å². The first-order chi connectivity index (χ1) is 26.1. The molecule has 2 heteroatoms. The highest BCUT2D eigenvalue weighted by atomic mass is 15.1. The smallest absolute Gasteiger partial charge is 0.0547 e. The predicted octanol–water partition coefficient (Wildman–Crippen LogP) is 13.9. The molecule has 53 heavy (non-hydrogen) atoms. The van der Waals surface area contributed by atoms with Crippen molar-refractivity contribution >= 4 is 38.9 Å². The van der Waals surface area contributed by atoms with E-state index in [2.05, 4.69) is 217 Å². The lowest BCUT2D eigenvalue weighted by molar-refractivity contribution is 0.660.